The lowest BCUT2D eigenvalue weighted by molar-refractivity contribution is -0.0715. The normalized spacial score (nSPS) is 31.6. The van der Waals surface area contributed by atoms with Crippen molar-refractivity contribution in [3.8, 4) is 11.3 Å². The molecule has 0 spiro atoms. The highest BCUT2D eigenvalue weighted by molar-refractivity contribution is 6.39. The van der Waals surface area contributed by atoms with Crippen molar-refractivity contribution in [1.29, 1.82) is 0 Å². The van der Waals surface area contributed by atoms with Gasteiger partial charge in [-0.3, -0.25) is 4.57 Å². The number of hydrogen-bond acceptors (Lipinski definition) is 7. The lowest BCUT2D eigenvalue weighted by Crippen LogP contribution is -2.52. The van der Waals surface area contributed by atoms with Gasteiger partial charge in [0.05, 0.1) is 12.0 Å². The summed E-state index contributed by atoms with van der Waals surface area (Å²) in [5, 5.41) is 24.5. The van der Waals surface area contributed by atoms with Gasteiger partial charge >= 0.3 is 0 Å². The number of nitrogens with zero attached hydrogens (tertiary/aromatic N) is 3. The first-order valence-corrected chi connectivity index (χ1v) is 8.10. The molecule has 0 radical (unpaired) electrons. The van der Waals surface area contributed by atoms with Gasteiger partial charge in [0.25, 0.3) is 0 Å². The smallest absolute Gasteiger partial charge is 0.199 e. The minimum absolute atomic E-state index is 0.125. The number of aliphatic hydroxyl groups is 2. The van der Waals surface area contributed by atoms with Crippen LogP contribution >= 0.6 is 23.2 Å². The quantitative estimate of drug-likeness (QED) is 0.261. The fourth-order valence-corrected chi connectivity index (χ4v) is 3.44. The van der Waals surface area contributed by atoms with Crippen LogP contribution in [0.25, 0.3) is 5.70 Å². The van der Waals surface area contributed by atoms with Crippen molar-refractivity contribution < 1.29 is 14.9 Å². The highest BCUT2D eigenvalue weighted by Crippen LogP contribution is 2.47. The first-order chi connectivity index (χ1) is 11.6. The molecule has 1 aromatic heterocycles. The Morgan fingerprint density at radius 3 is 2.84 bits per heavy atom. The topological polar surface area (TPSA) is 118 Å². The van der Waals surface area contributed by atoms with Crippen LogP contribution < -0.4 is 11.1 Å². The summed E-state index contributed by atoms with van der Waals surface area (Å²) >= 11 is 12.1. The average Bonchev–Trinajstić information content (AvgIpc) is 3.00. The molecule has 0 saturated carbocycles. The zero-order valence-electron chi connectivity index (χ0n) is 13.5. The molecule has 12 heteroatoms. The predicted octanol–water partition coefficient (Wildman–Crippen LogP) is -2.25. The van der Waals surface area contributed by atoms with E-state index in [1.807, 2.05) is 0 Å². The summed E-state index contributed by atoms with van der Waals surface area (Å²) in [6, 6.07) is 0. The molecule has 1 aromatic rings. The Bertz CT molecular complexity index is 828. The van der Waals surface area contributed by atoms with E-state index in [1.54, 1.807) is 0 Å². The first kappa shape index (κ1) is 18.2. The Kier molecular flexibility index (Phi) is 4.34. The van der Waals surface area contributed by atoms with Gasteiger partial charge in [-0.25, -0.2) is 4.98 Å². The van der Waals surface area contributed by atoms with Crippen molar-refractivity contribution in [3.05, 3.63) is 18.6 Å². The molecule has 3 heterocycles. The van der Waals surface area contributed by atoms with Gasteiger partial charge in [-0.2, -0.15) is 4.99 Å². The maximum Gasteiger partial charge on any atom is 0.199 e. The molecule has 5 N–H and O–H groups in total. The van der Waals surface area contributed by atoms with Crippen molar-refractivity contribution in [1.82, 2.24) is 14.9 Å². The van der Waals surface area contributed by atoms with Gasteiger partial charge < -0.3 is 26.0 Å². The Morgan fingerprint density at radius 2 is 2.24 bits per heavy atom. The van der Waals surface area contributed by atoms with Crippen LogP contribution in [0.3, 0.4) is 0 Å². The summed E-state index contributed by atoms with van der Waals surface area (Å²) in [5.74, 6) is 3.04. The molecule has 0 aliphatic carbocycles. The number of fused-ring (bicyclic) bond motifs is 1. The molecule has 8 nitrogen and oxygen atoms in total. The molecule has 0 aromatic carbocycles. The van der Waals surface area contributed by atoms with Crippen molar-refractivity contribution >= 4 is 56.4 Å². The van der Waals surface area contributed by atoms with Gasteiger partial charge in [-0.15, -0.1) is 0 Å². The van der Waals surface area contributed by atoms with Crippen LogP contribution in [0.2, 0.25) is 0 Å². The number of hydrogen-bond donors (Lipinski definition) is 4. The summed E-state index contributed by atoms with van der Waals surface area (Å²) in [7, 11) is 3.00. The highest BCUT2D eigenvalue weighted by atomic mass is 35.5. The summed E-state index contributed by atoms with van der Waals surface area (Å²) in [6.07, 6.45) is -1.94. The standard InChI is InChI=1S/C13H15B2Cl2N5O3/c1-5-6-9(21-11(18)20-5)22(4-19-6)10-12(17,2-3-16)7(23)8(25-10)13(14,15)24/h4,7-8,10,23-24H,1,14-15H2,(H3,18,20,21)/t7?,8?,10-,12-/m1/s1. The third-order valence-electron chi connectivity index (χ3n) is 4.10. The summed E-state index contributed by atoms with van der Waals surface area (Å²) in [6.45, 7) is 3.83. The molecule has 2 aliphatic rings. The number of nitrogens with one attached hydrogen (secondary N) is 1. The maximum atomic E-state index is 10.6. The van der Waals surface area contributed by atoms with Crippen molar-refractivity contribution in [2.45, 2.75) is 28.7 Å². The second kappa shape index (κ2) is 5.97. The van der Waals surface area contributed by atoms with Gasteiger partial charge in [0.1, 0.15) is 33.6 Å². The number of aliphatic imine (C=N–C) groups is 1. The van der Waals surface area contributed by atoms with Gasteiger partial charge in [-0.1, -0.05) is 24.1 Å². The minimum Gasteiger partial charge on any atom is -0.405 e. The van der Waals surface area contributed by atoms with Crippen LogP contribution in [-0.2, 0) is 4.74 Å². The number of nitrogens with two attached hydrogens (primary N) is 1. The van der Waals surface area contributed by atoms with Crippen LogP contribution in [0.4, 0.5) is 5.82 Å². The summed E-state index contributed by atoms with van der Waals surface area (Å²) < 4.78 is 7.34. The number of aliphatic hydroxyl groups excluding tert-OH is 1. The number of guanidine groups is 1. The van der Waals surface area contributed by atoms with Crippen molar-refractivity contribution in [2.24, 2.45) is 10.7 Å². The lowest BCUT2D eigenvalue weighted by Gasteiger charge is -2.28. The largest absolute Gasteiger partial charge is 0.405 e. The van der Waals surface area contributed by atoms with Gasteiger partial charge in [0.15, 0.2) is 22.9 Å². The zero-order chi connectivity index (χ0) is 18.6. The van der Waals surface area contributed by atoms with E-state index in [9.17, 15) is 10.2 Å². The van der Waals surface area contributed by atoms with Crippen LogP contribution in [-0.4, -0.2) is 63.9 Å². The van der Waals surface area contributed by atoms with Crippen LogP contribution in [0.1, 0.15) is 11.9 Å². The van der Waals surface area contributed by atoms with E-state index in [0.717, 1.165) is 0 Å². The van der Waals surface area contributed by atoms with E-state index < -0.39 is 28.7 Å². The fraction of sp³-hybridized carbons (Fsp3) is 0.385. The summed E-state index contributed by atoms with van der Waals surface area (Å²) in [4.78, 5) is 6.80. The van der Waals surface area contributed by atoms with Crippen LogP contribution in [0.15, 0.2) is 17.9 Å². The van der Waals surface area contributed by atoms with E-state index in [1.165, 1.54) is 26.6 Å². The highest BCUT2D eigenvalue weighted by Gasteiger charge is 2.59. The molecule has 1 saturated heterocycles. The number of rotatable bonds is 2. The SMILES string of the molecule is BC(B)(O)C1O[C@@H](n2cnc3c2N=C(N)NC3=C)[C@@](Cl)(C#CCl)C1O. The van der Waals surface area contributed by atoms with E-state index in [4.69, 9.17) is 33.7 Å². The Hall–Kier alpha value is -1.63. The van der Waals surface area contributed by atoms with E-state index >= 15 is 0 Å². The second-order valence-electron chi connectivity index (χ2n) is 6.42. The Balaban J connectivity index is 2.13. The molecule has 0 amide bonds. The Morgan fingerprint density at radius 1 is 1.56 bits per heavy atom. The van der Waals surface area contributed by atoms with Gasteiger partial charge in [0, 0.05) is 10.8 Å². The molecule has 1 fully saturated rings. The molecule has 0 bridgehead atoms. The zero-order valence-corrected chi connectivity index (χ0v) is 15.0. The third-order valence-corrected chi connectivity index (χ3v) is 4.70. The monoisotopic (exact) mass is 381 g/mol. The van der Waals surface area contributed by atoms with E-state index in [2.05, 4.69) is 33.2 Å². The van der Waals surface area contributed by atoms with Crippen LogP contribution in [0.5, 0.6) is 0 Å². The van der Waals surface area contributed by atoms with E-state index in [-0.39, 0.29) is 5.96 Å². The average molecular weight is 382 g/mol. The molecule has 2 aliphatic heterocycles. The minimum atomic E-state index is -1.63. The van der Waals surface area contributed by atoms with E-state index in [0.29, 0.717) is 17.2 Å². The van der Waals surface area contributed by atoms with Crippen molar-refractivity contribution in [3.63, 3.8) is 0 Å². The molecule has 3 rings (SSSR count). The number of alkyl halides is 1. The Labute approximate surface area is 155 Å². The number of halogens is 2. The molecule has 2 unspecified atom stereocenters. The molecular weight excluding hydrogens is 367 g/mol. The van der Waals surface area contributed by atoms with Crippen LogP contribution in [0, 0.1) is 11.3 Å². The van der Waals surface area contributed by atoms with Gasteiger partial charge in [-0.05, 0) is 11.6 Å². The molecule has 25 heavy (non-hydrogen) atoms. The summed E-state index contributed by atoms with van der Waals surface area (Å²) in [5.41, 5.74) is 6.66. The fourth-order valence-electron chi connectivity index (χ4n) is 2.91. The second-order valence-corrected chi connectivity index (χ2v) is 7.23. The van der Waals surface area contributed by atoms with Crippen molar-refractivity contribution in [2.75, 3.05) is 0 Å². The molecule has 4 atom stereocenters. The predicted molar refractivity (Wildman–Crippen MR) is 99.8 cm³/mol. The lowest BCUT2D eigenvalue weighted by atomic mass is 9.60. The number of aromatic nitrogens is 2. The maximum absolute atomic E-state index is 10.6. The first-order valence-electron chi connectivity index (χ1n) is 7.34. The molecular formula is C13H15B2Cl2N5O3. The third kappa shape index (κ3) is 2.82. The number of ether oxygens (including phenoxy) is 1. The molecule has 130 valence electrons. The van der Waals surface area contributed by atoms with Gasteiger partial charge in [0.2, 0.25) is 0 Å². The number of imidazole rings is 1.